The number of amides is 1. The van der Waals surface area contributed by atoms with Gasteiger partial charge in [-0.2, -0.15) is 0 Å². The van der Waals surface area contributed by atoms with Gasteiger partial charge in [0.1, 0.15) is 11.9 Å². The van der Waals surface area contributed by atoms with Crippen LogP contribution >= 0.6 is 0 Å². The second kappa shape index (κ2) is 4.53. The zero-order chi connectivity index (χ0) is 11.5. The van der Waals surface area contributed by atoms with Gasteiger partial charge in [0.2, 0.25) is 6.41 Å². The molecular formula is C12H15NO3. The summed E-state index contributed by atoms with van der Waals surface area (Å²) in [6.07, 6.45) is 0.519. The smallest absolute Gasteiger partial charge is 0.207 e. The van der Waals surface area contributed by atoms with Gasteiger partial charge in [0, 0.05) is 12.0 Å². The van der Waals surface area contributed by atoms with Crippen LogP contribution in [0.5, 0.6) is 5.75 Å². The van der Waals surface area contributed by atoms with Crippen LogP contribution in [0.3, 0.4) is 0 Å². The highest BCUT2D eigenvalue weighted by Gasteiger charge is 2.26. The van der Waals surface area contributed by atoms with Gasteiger partial charge in [0.15, 0.2) is 0 Å². The van der Waals surface area contributed by atoms with Crippen LogP contribution in [0.2, 0.25) is 0 Å². The fourth-order valence-electron chi connectivity index (χ4n) is 1.96. The van der Waals surface area contributed by atoms with Crippen molar-refractivity contribution in [2.75, 3.05) is 6.61 Å². The van der Waals surface area contributed by atoms with Crippen molar-refractivity contribution in [3.8, 4) is 5.75 Å². The topological polar surface area (TPSA) is 58.6 Å². The molecule has 2 unspecified atom stereocenters. The Balaban J connectivity index is 2.34. The number of rotatable bonds is 2. The fourth-order valence-corrected chi connectivity index (χ4v) is 1.96. The minimum Gasteiger partial charge on any atom is -0.493 e. The van der Waals surface area contributed by atoms with E-state index in [1.165, 1.54) is 0 Å². The molecule has 1 aromatic rings. The van der Waals surface area contributed by atoms with E-state index in [0.717, 1.165) is 11.1 Å². The average Bonchev–Trinajstić information content (AvgIpc) is 2.42. The largest absolute Gasteiger partial charge is 0.493 e. The summed E-state index contributed by atoms with van der Waals surface area (Å²) in [7, 11) is 0. The van der Waals surface area contributed by atoms with Crippen molar-refractivity contribution in [2.45, 2.75) is 25.5 Å². The highest BCUT2D eigenvalue weighted by Crippen LogP contribution is 2.32. The van der Waals surface area contributed by atoms with E-state index in [9.17, 15) is 9.90 Å². The lowest BCUT2D eigenvalue weighted by atomic mass is 9.99. The van der Waals surface area contributed by atoms with E-state index in [1.807, 2.05) is 25.1 Å². The Labute approximate surface area is 94.2 Å². The summed E-state index contributed by atoms with van der Waals surface area (Å²) in [5, 5.41) is 12.8. The fraction of sp³-hybridized carbons (Fsp3) is 0.417. The third-order valence-electron chi connectivity index (χ3n) is 2.83. The van der Waals surface area contributed by atoms with E-state index in [1.54, 1.807) is 0 Å². The number of carbonyl (C=O) groups is 1. The molecule has 1 aromatic carbocycles. The molecule has 2 N–H and O–H groups in total. The first-order valence-electron chi connectivity index (χ1n) is 5.33. The molecule has 2 rings (SSSR count). The maximum atomic E-state index is 10.4. The zero-order valence-electron chi connectivity index (χ0n) is 9.14. The molecule has 4 nitrogen and oxygen atoms in total. The molecule has 1 aliphatic rings. The number of benzene rings is 1. The molecule has 0 radical (unpaired) electrons. The van der Waals surface area contributed by atoms with Gasteiger partial charge >= 0.3 is 0 Å². The van der Waals surface area contributed by atoms with Crippen molar-refractivity contribution in [2.24, 2.45) is 0 Å². The summed E-state index contributed by atoms with van der Waals surface area (Å²) in [6.45, 7) is 2.46. The van der Waals surface area contributed by atoms with Crippen LogP contribution in [0.1, 0.15) is 23.7 Å². The highest BCUT2D eigenvalue weighted by molar-refractivity contribution is 5.48. The molecule has 0 aromatic heterocycles. The van der Waals surface area contributed by atoms with Crippen LogP contribution in [-0.4, -0.2) is 24.2 Å². The molecule has 0 fully saturated rings. The van der Waals surface area contributed by atoms with Crippen LogP contribution in [-0.2, 0) is 4.79 Å². The predicted molar refractivity (Wildman–Crippen MR) is 59.2 cm³/mol. The van der Waals surface area contributed by atoms with E-state index < -0.39 is 6.10 Å². The molecule has 0 aliphatic carbocycles. The first kappa shape index (κ1) is 11.0. The summed E-state index contributed by atoms with van der Waals surface area (Å²) >= 11 is 0. The lowest BCUT2D eigenvalue weighted by molar-refractivity contribution is -0.111. The number of fused-ring (bicyclic) bond motifs is 1. The molecule has 0 saturated heterocycles. The van der Waals surface area contributed by atoms with Gasteiger partial charge in [-0.3, -0.25) is 4.79 Å². The Morgan fingerprint density at radius 1 is 1.56 bits per heavy atom. The standard InChI is InChI=1S/C12H15NO3/c1-8-2-3-11-9(6-8)12(15)10(13-7-14)4-5-16-11/h2-3,6-7,10,12,15H,4-5H2,1H3,(H,13,14). The molecular weight excluding hydrogens is 206 g/mol. The molecule has 1 amide bonds. The Bertz CT molecular complexity index is 392. The molecule has 4 heteroatoms. The lowest BCUT2D eigenvalue weighted by Gasteiger charge is -2.19. The van der Waals surface area contributed by atoms with Crippen LogP contribution in [0, 0.1) is 6.92 Å². The van der Waals surface area contributed by atoms with Gasteiger partial charge in [0.05, 0.1) is 12.6 Å². The first-order chi connectivity index (χ1) is 7.72. The third kappa shape index (κ3) is 2.02. The van der Waals surface area contributed by atoms with E-state index in [0.29, 0.717) is 25.2 Å². The number of nitrogens with one attached hydrogen (secondary N) is 1. The summed E-state index contributed by atoms with van der Waals surface area (Å²) in [6, 6.07) is 5.42. The number of hydrogen-bond acceptors (Lipinski definition) is 3. The van der Waals surface area contributed by atoms with Gasteiger partial charge in [-0.05, 0) is 19.1 Å². The number of hydrogen-bond donors (Lipinski definition) is 2. The second-order valence-electron chi connectivity index (χ2n) is 4.01. The van der Waals surface area contributed by atoms with Crippen molar-refractivity contribution in [3.05, 3.63) is 29.3 Å². The Hall–Kier alpha value is -1.55. The third-order valence-corrected chi connectivity index (χ3v) is 2.83. The molecule has 86 valence electrons. The molecule has 0 bridgehead atoms. The summed E-state index contributed by atoms with van der Waals surface area (Å²) < 4.78 is 5.53. The van der Waals surface area contributed by atoms with Crippen molar-refractivity contribution in [1.29, 1.82) is 0 Å². The normalized spacial score (nSPS) is 23.9. The van der Waals surface area contributed by atoms with E-state index in [-0.39, 0.29) is 6.04 Å². The predicted octanol–water partition coefficient (Wildman–Crippen LogP) is 0.926. The quantitative estimate of drug-likeness (QED) is 0.730. The van der Waals surface area contributed by atoms with Crippen molar-refractivity contribution >= 4 is 6.41 Å². The summed E-state index contributed by atoms with van der Waals surface area (Å²) in [4.78, 5) is 10.4. The number of aliphatic hydroxyl groups is 1. The van der Waals surface area contributed by atoms with Gasteiger partial charge in [0.25, 0.3) is 0 Å². The minimum absolute atomic E-state index is 0.277. The first-order valence-corrected chi connectivity index (χ1v) is 5.33. The van der Waals surface area contributed by atoms with Crippen LogP contribution in [0.25, 0.3) is 0 Å². The monoisotopic (exact) mass is 221 g/mol. The Kier molecular flexibility index (Phi) is 3.10. The molecule has 2 atom stereocenters. The zero-order valence-corrected chi connectivity index (χ0v) is 9.14. The SMILES string of the molecule is Cc1ccc2c(c1)C(O)C(NC=O)CCO2. The van der Waals surface area contributed by atoms with Gasteiger partial charge in [-0.25, -0.2) is 0 Å². The van der Waals surface area contributed by atoms with Gasteiger partial charge < -0.3 is 15.2 Å². The average molecular weight is 221 g/mol. The maximum absolute atomic E-state index is 10.4. The number of carbonyl (C=O) groups excluding carboxylic acids is 1. The van der Waals surface area contributed by atoms with Crippen molar-refractivity contribution in [1.82, 2.24) is 5.32 Å². The minimum atomic E-state index is -0.706. The summed E-state index contributed by atoms with van der Waals surface area (Å²) in [5.41, 5.74) is 1.81. The van der Waals surface area contributed by atoms with Gasteiger partial charge in [-0.15, -0.1) is 0 Å². The van der Waals surface area contributed by atoms with E-state index in [2.05, 4.69) is 5.32 Å². The number of ether oxygens (including phenoxy) is 1. The van der Waals surface area contributed by atoms with Gasteiger partial charge in [-0.1, -0.05) is 11.6 Å². The lowest BCUT2D eigenvalue weighted by Crippen LogP contribution is -2.34. The molecule has 1 heterocycles. The van der Waals surface area contributed by atoms with Crippen LogP contribution in [0.4, 0.5) is 0 Å². The highest BCUT2D eigenvalue weighted by atomic mass is 16.5. The van der Waals surface area contributed by atoms with E-state index >= 15 is 0 Å². The van der Waals surface area contributed by atoms with Crippen molar-refractivity contribution in [3.63, 3.8) is 0 Å². The molecule has 1 aliphatic heterocycles. The maximum Gasteiger partial charge on any atom is 0.207 e. The number of aryl methyl sites for hydroxylation is 1. The second-order valence-corrected chi connectivity index (χ2v) is 4.01. The van der Waals surface area contributed by atoms with E-state index in [4.69, 9.17) is 4.74 Å². The summed E-state index contributed by atoms with van der Waals surface area (Å²) in [5.74, 6) is 0.702. The Morgan fingerprint density at radius 2 is 2.38 bits per heavy atom. The van der Waals surface area contributed by atoms with Crippen molar-refractivity contribution < 1.29 is 14.6 Å². The van der Waals surface area contributed by atoms with Crippen LogP contribution < -0.4 is 10.1 Å². The van der Waals surface area contributed by atoms with Crippen LogP contribution in [0.15, 0.2) is 18.2 Å². The Morgan fingerprint density at radius 3 is 3.12 bits per heavy atom. The molecule has 0 saturated carbocycles. The number of aliphatic hydroxyl groups excluding tert-OH is 1. The molecule has 16 heavy (non-hydrogen) atoms. The molecule has 0 spiro atoms.